The van der Waals surface area contributed by atoms with Gasteiger partial charge >= 0.3 is 0 Å². The first-order valence-corrected chi connectivity index (χ1v) is 20.8. The largest absolute Gasteiger partial charge is 0.309 e. The Hall–Kier alpha value is -8.14. The molecule has 0 atom stereocenters. The van der Waals surface area contributed by atoms with Crippen LogP contribution in [0.1, 0.15) is 0 Å². The highest BCUT2D eigenvalue weighted by Gasteiger charge is 2.18. The van der Waals surface area contributed by atoms with Crippen molar-refractivity contribution < 1.29 is 0 Å². The molecule has 0 aliphatic heterocycles. The lowest BCUT2D eigenvalue weighted by molar-refractivity contribution is 1.16. The minimum absolute atomic E-state index is 0.679. The Labute approximate surface area is 353 Å². The highest BCUT2D eigenvalue weighted by Crippen LogP contribution is 2.41. The zero-order valence-corrected chi connectivity index (χ0v) is 33.2. The number of rotatable bonds is 6. The lowest BCUT2D eigenvalue weighted by atomic mass is 9.89. The van der Waals surface area contributed by atoms with Gasteiger partial charge in [0, 0.05) is 33.2 Å². The molecule has 0 spiro atoms. The number of aromatic nitrogens is 3. The third kappa shape index (κ3) is 5.90. The van der Waals surface area contributed by atoms with Crippen LogP contribution in [0.25, 0.3) is 116 Å². The summed E-state index contributed by atoms with van der Waals surface area (Å²) in [6.45, 7) is 0. The van der Waals surface area contributed by atoms with Crippen LogP contribution < -0.4 is 0 Å². The minimum atomic E-state index is 0.679. The van der Waals surface area contributed by atoms with Crippen LogP contribution in [0.5, 0.6) is 0 Å². The van der Waals surface area contributed by atoms with Crippen molar-refractivity contribution in [3.63, 3.8) is 0 Å². The van der Waals surface area contributed by atoms with Gasteiger partial charge in [0.05, 0.1) is 22.4 Å². The van der Waals surface area contributed by atoms with Crippen molar-refractivity contribution in [3.05, 3.63) is 224 Å². The van der Waals surface area contributed by atoms with Crippen molar-refractivity contribution in [2.45, 2.75) is 0 Å². The molecule has 0 radical (unpaired) electrons. The summed E-state index contributed by atoms with van der Waals surface area (Å²) in [5.74, 6) is 0.679. The highest BCUT2D eigenvalue weighted by atomic mass is 15.0. The van der Waals surface area contributed by atoms with E-state index in [1.54, 1.807) is 0 Å². The molecule has 0 saturated heterocycles. The molecule has 0 unspecified atom stereocenters. The van der Waals surface area contributed by atoms with Crippen LogP contribution in [-0.2, 0) is 0 Å². The predicted molar refractivity (Wildman–Crippen MR) is 256 cm³/mol. The third-order valence-corrected chi connectivity index (χ3v) is 12.2. The number of fused-ring (bicyclic) bond motifs is 7. The van der Waals surface area contributed by atoms with E-state index in [0.29, 0.717) is 5.82 Å². The Morgan fingerprint density at radius 2 is 0.885 bits per heavy atom. The summed E-state index contributed by atoms with van der Waals surface area (Å²) in [6.07, 6.45) is 0. The van der Waals surface area contributed by atoms with Crippen molar-refractivity contribution in [1.29, 1.82) is 0 Å². The summed E-state index contributed by atoms with van der Waals surface area (Å²) in [7, 11) is 0. The van der Waals surface area contributed by atoms with Crippen molar-refractivity contribution >= 4 is 54.1 Å². The summed E-state index contributed by atoms with van der Waals surface area (Å²) in [5, 5.41) is 9.95. The van der Waals surface area contributed by atoms with E-state index in [1.807, 2.05) is 0 Å². The Balaban J connectivity index is 1.04. The summed E-state index contributed by atoms with van der Waals surface area (Å²) < 4.78 is 2.36. The summed E-state index contributed by atoms with van der Waals surface area (Å²) in [4.78, 5) is 10.7. The zero-order chi connectivity index (χ0) is 40.3. The van der Waals surface area contributed by atoms with Crippen molar-refractivity contribution in [2.75, 3.05) is 0 Å². The molecule has 12 rings (SSSR count). The van der Waals surface area contributed by atoms with Crippen LogP contribution in [0.4, 0.5) is 0 Å². The standard InChI is InChI=1S/C58H37N3/c1-2-15-38(16-3-1)45-21-8-9-24-48(45)54-37-53(43-19-14-20-44(35-43)61-55-27-12-10-25-49(55)50-26-11-13-28-56(50)61)59-58(60-54)41-31-29-40(30-32-41)57-47-23-7-5-18-42(47)36-52-46-22-6-4-17-39(46)33-34-51(52)57/h1-37H. The summed E-state index contributed by atoms with van der Waals surface area (Å²) >= 11 is 0. The second kappa shape index (κ2) is 14.3. The van der Waals surface area contributed by atoms with Crippen LogP contribution in [0.15, 0.2) is 224 Å². The fraction of sp³-hybridized carbons (Fsp3) is 0. The van der Waals surface area contributed by atoms with E-state index >= 15 is 0 Å². The van der Waals surface area contributed by atoms with Gasteiger partial charge in [0.25, 0.3) is 0 Å². The molecule has 0 N–H and O–H groups in total. The maximum absolute atomic E-state index is 5.36. The molecule has 61 heavy (non-hydrogen) atoms. The van der Waals surface area contributed by atoms with Gasteiger partial charge in [-0.15, -0.1) is 0 Å². The fourth-order valence-electron chi connectivity index (χ4n) is 9.36. The molecule has 0 aliphatic rings. The van der Waals surface area contributed by atoms with E-state index in [4.69, 9.17) is 9.97 Å². The number of hydrogen-bond acceptors (Lipinski definition) is 2. The quantitative estimate of drug-likeness (QED) is 0.124. The molecule has 12 aromatic rings. The highest BCUT2D eigenvalue weighted by molar-refractivity contribution is 6.20. The molecule has 0 amide bonds. The van der Waals surface area contributed by atoms with E-state index in [1.165, 1.54) is 59.7 Å². The van der Waals surface area contributed by atoms with Gasteiger partial charge in [0.2, 0.25) is 0 Å². The Bertz CT molecular complexity index is 3580. The van der Waals surface area contributed by atoms with Crippen molar-refractivity contribution in [3.8, 4) is 61.8 Å². The molecule has 0 bridgehead atoms. The predicted octanol–water partition coefficient (Wildman–Crippen LogP) is 15.4. The molecule has 2 heterocycles. The van der Waals surface area contributed by atoms with Gasteiger partial charge in [0.1, 0.15) is 0 Å². The van der Waals surface area contributed by atoms with Crippen molar-refractivity contribution in [2.24, 2.45) is 0 Å². The molecule has 284 valence electrons. The van der Waals surface area contributed by atoms with E-state index in [-0.39, 0.29) is 0 Å². The van der Waals surface area contributed by atoms with E-state index in [9.17, 15) is 0 Å². The molecule has 0 aliphatic carbocycles. The Kier molecular flexibility index (Phi) is 8.17. The average molecular weight is 776 g/mol. The first-order chi connectivity index (χ1) is 30.2. The smallest absolute Gasteiger partial charge is 0.160 e. The molecule has 10 aromatic carbocycles. The Morgan fingerprint density at radius 3 is 1.66 bits per heavy atom. The van der Waals surface area contributed by atoms with Gasteiger partial charge in [-0.05, 0) is 91.0 Å². The van der Waals surface area contributed by atoms with Gasteiger partial charge in [-0.3, -0.25) is 0 Å². The third-order valence-electron chi connectivity index (χ3n) is 12.2. The topological polar surface area (TPSA) is 30.7 Å². The number of nitrogens with zero attached hydrogens (tertiary/aromatic N) is 3. The number of para-hydroxylation sites is 2. The van der Waals surface area contributed by atoms with Crippen LogP contribution in [0.2, 0.25) is 0 Å². The van der Waals surface area contributed by atoms with E-state index < -0.39 is 0 Å². The van der Waals surface area contributed by atoms with Gasteiger partial charge < -0.3 is 4.57 Å². The summed E-state index contributed by atoms with van der Waals surface area (Å²) in [6, 6.07) is 80.4. The van der Waals surface area contributed by atoms with Gasteiger partial charge in [-0.1, -0.05) is 188 Å². The number of benzene rings is 10. The van der Waals surface area contributed by atoms with Crippen LogP contribution >= 0.6 is 0 Å². The monoisotopic (exact) mass is 775 g/mol. The fourth-order valence-corrected chi connectivity index (χ4v) is 9.36. The molecular formula is C58H37N3. The van der Waals surface area contributed by atoms with Crippen molar-refractivity contribution in [1.82, 2.24) is 14.5 Å². The zero-order valence-electron chi connectivity index (χ0n) is 33.2. The molecular weight excluding hydrogens is 739 g/mol. The maximum Gasteiger partial charge on any atom is 0.160 e. The minimum Gasteiger partial charge on any atom is -0.309 e. The lowest BCUT2D eigenvalue weighted by Gasteiger charge is -2.15. The SMILES string of the molecule is c1ccc(-c2ccccc2-c2cc(-c3cccc(-n4c5ccccc5c5ccccc54)c3)nc(-c3ccc(-c4c5ccccc5cc5c4ccc4ccccc45)cc3)n2)cc1. The van der Waals surface area contributed by atoms with Crippen LogP contribution in [0, 0.1) is 0 Å². The van der Waals surface area contributed by atoms with Gasteiger partial charge in [-0.2, -0.15) is 0 Å². The molecule has 2 aromatic heterocycles. The molecule has 0 saturated carbocycles. The van der Waals surface area contributed by atoms with E-state index in [0.717, 1.165) is 50.5 Å². The number of hydrogen-bond donors (Lipinski definition) is 0. The van der Waals surface area contributed by atoms with Crippen LogP contribution in [0.3, 0.4) is 0 Å². The Morgan fingerprint density at radius 1 is 0.295 bits per heavy atom. The lowest BCUT2D eigenvalue weighted by Crippen LogP contribution is -1.98. The maximum atomic E-state index is 5.36. The summed E-state index contributed by atoms with van der Waals surface area (Å²) in [5.41, 5.74) is 12.9. The first kappa shape index (κ1) is 34.9. The van der Waals surface area contributed by atoms with Gasteiger partial charge in [0.15, 0.2) is 5.82 Å². The molecule has 3 heteroatoms. The van der Waals surface area contributed by atoms with Crippen LogP contribution in [-0.4, -0.2) is 14.5 Å². The second-order valence-electron chi connectivity index (χ2n) is 15.7. The normalized spacial score (nSPS) is 11.6. The average Bonchev–Trinajstić information content (AvgIpc) is 3.68. The molecule has 3 nitrogen and oxygen atoms in total. The first-order valence-electron chi connectivity index (χ1n) is 20.8. The van der Waals surface area contributed by atoms with E-state index in [2.05, 4.69) is 229 Å². The second-order valence-corrected chi connectivity index (χ2v) is 15.7. The van der Waals surface area contributed by atoms with Gasteiger partial charge in [-0.25, -0.2) is 9.97 Å². The molecule has 0 fully saturated rings.